The van der Waals surface area contributed by atoms with E-state index in [0.29, 0.717) is 22.7 Å². The number of amides is 1. The number of rotatable bonds is 3. The van der Waals surface area contributed by atoms with Crippen LogP contribution in [0.5, 0.6) is 0 Å². The van der Waals surface area contributed by atoms with Crippen molar-refractivity contribution in [3.05, 3.63) is 32.4 Å². The first-order chi connectivity index (χ1) is 9.52. The van der Waals surface area contributed by atoms with Gasteiger partial charge in [-0.15, -0.1) is 0 Å². The van der Waals surface area contributed by atoms with Crippen LogP contribution in [0.4, 0.5) is 0 Å². The Bertz CT molecular complexity index is 487. The van der Waals surface area contributed by atoms with Gasteiger partial charge >= 0.3 is 0 Å². The molecule has 0 radical (unpaired) electrons. The maximum atomic E-state index is 12.5. The van der Waals surface area contributed by atoms with E-state index in [0.717, 1.165) is 29.3 Å². The van der Waals surface area contributed by atoms with Gasteiger partial charge in [0.25, 0.3) is 5.91 Å². The molecule has 1 amide bonds. The smallest absolute Gasteiger partial charge is 0.253 e. The lowest BCUT2D eigenvalue weighted by molar-refractivity contribution is 0.0685. The molecule has 110 valence electrons. The number of hydrogen-bond acceptors (Lipinski definition) is 2. The van der Waals surface area contributed by atoms with Crippen LogP contribution in [0, 0.1) is 3.57 Å². The van der Waals surface area contributed by atoms with Gasteiger partial charge in [-0.2, -0.15) is 0 Å². The summed E-state index contributed by atoms with van der Waals surface area (Å²) in [6, 6.07) is 6.45. The zero-order valence-corrected chi connectivity index (χ0v) is 14.7. The summed E-state index contributed by atoms with van der Waals surface area (Å²) < 4.78 is 0.970. The normalized spacial score (nSPS) is 22.6. The van der Waals surface area contributed by atoms with Crippen molar-refractivity contribution < 1.29 is 4.79 Å². The maximum Gasteiger partial charge on any atom is 0.253 e. The second kappa shape index (κ2) is 7.09. The first-order valence-corrected chi connectivity index (χ1v) is 8.38. The van der Waals surface area contributed by atoms with Gasteiger partial charge in [0.1, 0.15) is 0 Å². The summed E-state index contributed by atoms with van der Waals surface area (Å²) >= 11 is 8.27. The Kier molecular flexibility index (Phi) is 5.69. The molecule has 0 spiro atoms. The van der Waals surface area contributed by atoms with E-state index in [9.17, 15) is 4.79 Å². The molecule has 1 N–H and O–H groups in total. The van der Waals surface area contributed by atoms with Crippen LogP contribution in [-0.4, -0.2) is 37.0 Å². The Morgan fingerprint density at radius 3 is 2.55 bits per heavy atom. The Balaban J connectivity index is 2.03. The minimum atomic E-state index is 0.0659. The van der Waals surface area contributed by atoms with Crippen molar-refractivity contribution >= 4 is 40.1 Å². The number of hydrogen-bond donors (Lipinski definition) is 1. The highest BCUT2D eigenvalue weighted by atomic mass is 127. The fourth-order valence-corrected chi connectivity index (χ4v) is 3.27. The van der Waals surface area contributed by atoms with Crippen LogP contribution in [0.25, 0.3) is 0 Å². The molecule has 1 aromatic rings. The van der Waals surface area contributed by atoms with Gasteiger partial charge in [0.05, 0.1) is 5.02 Å². The fraction of sp³-hybridized carbons (Fsp3) is 0.533. The monoisotopic (exact) mass is 406 g/mol. The third-order valence-corrected chi connectivity index (χ3v) is 5.71. The van der Waals surface area contributed by atoms with E-state index in [2.05, 4.69) is 27.9 Å². The van der Waals surface area contributed by atoms with Gasteiger partial charge in [-0.1, -0.05) is 11.6 Å². The van der Waals surface area contributed by atoms with E-state index in [-0.39, 0.29) is 5.91 Å². The summed E-state index contributed by atoms with van der Waals surface area (Å²) in [6.45, 7) is 0. The van der Waals surface area contributed by atoms with Gasteiger partial charge in [0.15, 0.2) is 0 Å². The second-order valence-corrected chi connectivity index (χ2v) is 6.91. The Labute approximate surface area is 139 Å². The van der Waals surface area contributed by atoms with Gasteiger partial charge in [0.2, 0.25) is 0 Å². The number of halogens is 2. The molecule has 0 aromatic heterocycles. The zero-order chi connectivity index (χ0) is 14.7. The van der Waals surface area contributed by atoms with E-state index >= 15 is 0 Å². The quantitative estimate of drug-likeness (QED) is 0.779. The van der Waals surface area contributed by atoms with E-state index in [1.165, 1.54) is 0 Å². The molecule has 0 saturated heterocycles. The number of carbonyl (C=O) groups is 1. The van der Waals surface area contributed by atoms with Gasteiger partial charge in [-0.05, 0) is 73.5 Å². The van der Waals surface area contributed by atoms with Crippen LogP contribution in [0.15, 0.2) is 18.2 Å². The average Bonchev–Trinajstić information content (AvgIpc) is 2.48. The molecule has 20 heavy (non-hydrogen) atoms. The summed E-state index contributed by atoms with van der Waals surface area (Å²) in [6.07, 6.45) is 4.39. The van der Waals surface area contributed by atoms with Crippen LogP contribution < -0.4 is 5.32 Å². The fourth-order valence-electron chi connectivity index (χ4n) is 2.75. The third-order valence-electron chi connectivity index (χ3n) is 4.14. The predicted octanol–water partition coefficient (Wildman–Crippen LogP) is 3.55. The number of carbonyl (C=O) groups excluding carboxylic acids is 1. The Hall–Kier alpha value is -0.330. The first kappa shape index (κ1) is 16.0. The van der Waals surface area contributed by atoms with Crippen LogP contribution >= 0.6 is 34.2 Å². The van der Waals surface area contributed by atoms with Gasteiger partial charge in [0, 0.05) is 28.3 Å². The van der Waals surface area contributed by atoms with E-state index in [4.69, 9.17) is 11.6 Å². The van der Waals surface area contributed by atoms with Crippen molar-refractivity contribution in [2.24, 2.45) is 0 Å². The van der Waals surface area contributed by atoms with E-state index in [1.54, 1.807) is 6.07 Å². The molecular formula is C15H20ClIN2O. The highest BCUT2D eigenvalue weighted by molar-refractivity contribution is 14.1. The molecule has 0 bridgehead atoms. The minimum absolute atomic E-state index is 0.0659. The Morgan fingerprint density at radius 2 is 2.00 bits per heavy atom. The van der Waals surface area contributed by atoms with Gasteiger partial charge < -0.3 is 10.2 Å². The first-order valence-electron chi connectivity index (χ1n) is 6.92. The third kappa shape index (κ3) is 3.65. The lowest BCUT2D eigenvalue weighted by atomic mass is 9.90. The van der Waals surface area contributed by atoms with Crippen molar-refractivity contribution in [1.29, 1.82) is 0 Å². The van der Waals surface area contributed by atoms with E-state index < -0.39 is 0 Å². The highest BCUT2D eigenvalue weighted by Gasteiger charge is 2.26. The number of nitrogens with one attached hydrogen (secondary N) is 1. The molecule has 0 aliphatic heterocycles. The van der Waals surface area contributed by atoms with Crippen LogP contribution in [0.2, 0.25) is 5.02 Å². The molecule has 1 fully saturated rings. The van der Waals surface area contributed by atoms with Crippen molar-refractivity contribution in [1.82, 2.24) is 10.2 Å². The minimum Gasteiger partial charge on any atom is -0.339 e. The van der Waals surface area contributed by atoms with Crippen molar-refractivity contribution in [2.45, 2.75) is 37.8 Å². The molecular weight excluding hydrogens is 387 g/mol. The topological polar surface area (TPSA) is 32.3 Å². The van der Waals surface area contributed by atoms with Gasteiger partial charge in [-0.25, -0.2) is 0 Å². The largest absolute Gasteiger partial charge is 0.339 e. The SMILES string of the molecule is CNC1CCC(N(C)C(=O)c2ccc(I)c(Cl)c2)CC1. The van der Waals surface area contributed by atoms with Crippen molar-refractivity contribution in [3.8, 4) is 0 Å². The molecule has 2 rings (SSSR count). The summed E-state index contributed by atoms with van der Waals surface area (Å²) in [5, 5.41) is 3.96. The summed E-state index contributed by atoms with van der Waals surface area (Å²) in [5.74, 6) is 0.0659. The molecule has 1 aromatic carbocycles. The van der Waals surface area contributed by atoms with Crippen molar-refractivity contribution in [2.75, 3.05) is 14.1 Å². The molecule has 1 saturated carbocycles. The lowest BCUT2D eigenvalue weighted by Crippen LogP contribution is -2.42. The average molecular weight is 407 g/mol. The molecule has 1 aliphatic rings. The number of nitrogens with zero attached hydrogens (tertiary/aromatic N) is 1. The highest BCUT2D eigenvalue weighted by Crippen LogP contribution is 2.25. The Morgan fingerprint density at radius 1 is 1.35 bits per heavy atom. The molecule has 3 nitrogen and oxygen atoms in total. The molecule has 0 atom stereocenters. The zero-order valence-electron chi connectivity index (χ0n) is 11.8. The molecule has 1 aliphatic carbocycles. The maximum absolute atomic E-state index is 12.5. The summed E-state index contributed by atoms with van der Waals surface area (Å²) in [5.41, 5.74) is 0.675. The summed E-state index contributed by atoms with van der Waals surface area (Å²) in [7, 11) is 3.91. The van der Waals surface area contributed by atoms with Crippen LogP contribution in [0.3, 0.4) is 0 Å². The van der Waals surface area contributed by atoms with Crippen molar-refractivity contribution in [3.63, 3.8) is 0 Å². The van der Waals surface area contributed by atoms with Crippen LogP contribution in [-0.2, 0) is 0 Å². The lowest BCUT2D eigenvalue weighted by Gasteiger charge is -2.34. The molecule has 0 heterocycles. The predicted molar refractivity (Wildman–Crippen MR) is 91.4 cm³/mol. The van der Waals surface area contributed by atoms with Crippen LogP contribution in [0.1, 0.15) is 36.0 Å². The molecule has 5 heteroatoms. The number of benzene rings is 1. The summed E-state index contributed by atoms with van der Waals surface area (Å²) in [4.78, 5) is 14.4. The second-order valence-electron chi connectivity index (χ2n) is 5.34. The van der Waals surface area contributed by atoms with Gasteiger partial charge in [-0.3, -0.25) is 4.79 Å². The molecule has 0 unspecified atom stereocenters. The van der Waals surface area contributed by atoms with E-state index in [1.807, 2.05) is 31.1 Å². The standard InChI is InChI=1S/C15H20ClIN2O/c1-18-11-4-6-12(7-5-11)19(2)15(20)10-3-8-14(17)13(16)9-10/h3,8-9,11-12,18H,4-7H2,1-2H3.